The molecule has 5 amide bonds. The third-order valence-electron chi connectivity index (χ3n) is 9.64. The number of carbonyl (C=O) groups excluding carboxylic acids is 6. The number of methoxy groups -OCH3 is 1. The van der Waals surface area contributed by atoms with Crippen molar-refractivity contribution in [1.82, 2.24) is 39.4 Å². The number of aliphatic carboxylic acids is 2. The highest BCUT2D eigenvalue weighted by Crippen LogP contribution is 2.47. The topological polar surface area (TPSA) is 332 Å². The molecule has 8 rings (SSSR count). The fourth-order valence-corrected chi connectivity index (χ4v) is 10.8. The Hall–Kier alpha value is -6.62. The van der Waals surface area contributed by atoms with E-state index in [-0.39, 0.29) is 59.0 Å². The highest BCUT2D eigenvalue weighted by molar-refractivity contribution is 8.00. The molecule has 4 aliphatic rings. The van der Waals surface area contributed by atoms with E-state index < -0.39 is 64.2 Å². The molecule has 0 aromatic carbocycles. The van der Waals surface area contributed by atoms with Crippen molar-refractivity contribution < 1.29 is 62.7 Å². The molecule has 0 unspecified atom stereocenters. The summed E-state index contributed by atoms with van der Waals surface area (Å²) in [7, 11) is 2.52. The summed E-state index contributed by atoms with van der Waals surface area (Å²) in [6, 6.07) is 6.24. The van der Waals surface area contributed by atoms with Crippen LogP contribution in [0.2, 0.25) is 0 Å². The van der Waals surface area contributed by atoms with Crippen LogP contribution < -0.4 is 31.8 Å². The molecule has 0 spiro atoms. The molecule has 4 aromatic rings. The molecule has 2 saturated heterocycles. The lowest BCUT2D eigenvalue weighted by molar-refractivity contribution is -0.662. The van der Waals surface area contributed by atoms with Crippen LogP contribution in [0, 0.1) is 0 Å². The summed E-state index contributed by atoms with van der Waals surface area (Å²) in [5.74, 6) is -4.84. The van der Waals surface area contributed by atoms with E-state index in [1.807, 2.05) is 22.1 Å². The zero-order chi connectivity index (χ0) is 45.2. The van der Waals surface area contributed by atoms with Crippen molar-refractivity contribution in [2.75, 3.05) is 38.1 Å². The van der Waals surface area contributed by atoms with Crippen molar-refractivity contribution in [3.8, 4) is 0 Å². The number of primary amides is 1. The van der Waals surface area contributed by atoms with E-state index in [1.54, 1.807) is 35.2 Å². The molecule has 7 N–H and O–H groups in total. The number of rotatable bonds is 14. The summed E-state index contributed by atoms with van der Waals surface area (Å²) in [4.78, 5) is 97.2. The van der Waals surface area contributed by atoms with Gasteiger partial charge in [0.15, 0.2) is 11.3 Å². The molecule has 2 fully saturated rings. The average Bonchev–Trinajstić information content (AvgIpc) is 4.04. The summed E-state index contributed by atoms with van der Waals surface area (Å²) in [5.41, 5.74) is 9.59. The van der Waals surface area contributed by atoms with Gasteiger partial charge in [0.1, 0.15) is 48.9 Å². The summed E-state index contributed by atoms with van der Waals surface area (Å²) in [5, 5.41) is 35.2. The molecule has 63 heavy (non-hydrogen) atoms. The van der Waals surface area contributed by atoms with Gasteiger partial charge in [0, 0.05) is 52.2 Å². The molecular weight excluding hydrogens is 909 g/mol. The van der Waals surface area contributed by atoms with E-state index in [0.717, 1.165) is 31.9 Å². The van der Waals surface area contributed by atoms with Crippen LogP contribution in [-0.4, -0.2) is 136 Å². The van der Waals surface area contributed by atoms with Crippen molar-refractivity contribution in [3.05, 3.63) is 81.5 Å². The van der Waals surface area contributed by atoms with Crippen molar-refractivity contribution in [2.45, 2.75) is 35.5 Å². The van der Waals surface area contributed by atoms with Gasteiger partial charge >= 0.3 is 17.7 Å². The number of carboxylic acids is 2. The maximum absolute atomic E-state index is 13.0. The molecule has 0 saturated carbocycles. The number of nitrogens with one attached hydrogen (secondary N) is 2. The van der Waals surface area contributed by atoms with E-state index in [4.69, 9.17) is 21.0 Å². The zero-order valence-corrected chi connectivity index (χ0v) is 36.0. The molecule has 4 aromatic heterocycles. The van der Waals surface area contributed by atoms with Gasteiger partial charge in [0.05, 0.1) is 24.3 Å². The predicted molar refractivity (Wildman–Crippen MR) is 220 cm³/mol. The Morgan fingerprint density at radius 2 is 1.87 bits per heavy atom. The molecular formula is C35H34N12O12S4. The number of nitrogens with two attached hydrogens (primary N) is 2. The molecule has 4 aliphatic heterocycles. The number of anilines is 1. The van der Waals surface area contributed by atoms with Gasteiger partial charge in [-0.15, -0.1) is 39.4 Å². The summed E-state index contributed by atoms with van der Waals surface area (Å²) < 4.78 is 17.4. The Balaban J connectivity index is 0.000000194. The number of fused-ring (bicyclic) bond motifs is 3. The van der Waals surface area contributed by atoms with Crippen LogP contribution in [0.4, 0.5) is 9.93 Å². The lowest BCUT2D eigenvalue weighted by Crippen LogP contribution is -2.80. The maximum Gasteiger partial charge on any atom is 0.404 e. The third kappa shape index (κ3) is 8.61. The molecule has 24 nitrogen and oxygen atoms in total. The Labute approximate surface area is 371 Å². The van der Waals surface area contributed by atoms with Gasteiger partial charge in [-0.3, -0.25) is 29.0 Å². The van der Waals surface area contributed by atoms with Crippen molar-refractivity contribution in [2.24, 2.45) is 10.9 Å². The number of hydrogen-bond donors (Lipinski definition) is 5. The first-order chi connectivity index (χ1) is 30.2. The Kier molecular flexibility index (Phi) is 13.0. The first-order valence-electron chi connectivity index (χ1n) is 18.1. The number of oxime groups is 1. The second-order valence-electron chi connectivity index (χ2n) is 13.4. The minimum absolute atomic E-state index is 0.0457. The molecule has 330 valence electrons. The maximum atomic E-state index is 13.0. The number of thioether (sulfide) groups is 2. The van der Waals surface area contributed by atoms with Crippen LogP contribution in [0.25, 0.3) is 5.65 Å². The number of aromatic nitrogens is 5. The molecule has 0 radical (unpaired) electrons. The van der Waals surface area contributed by atoms with Crippen LogP contribution in [0.1, 0.15) is 10.7 Å². The van der Waals surface area contributed by atoms with E-state index in [0.29, 0.717) is 11.3 Å². The Bertz CT molecular complexity index is 2610. The fraction of sp³-hybridized carbons (Fsp3) is 0.314. The van der Waals surface area contributed by atoms with Gasteiger partial charge in [-0.25, -0.2) is 14.2 Å². The minimum atomic E-state index is -1.66. The number of nitrogen functional groups attached to an aromatic ring is 1. The van der Waals surface area contributed by atoms with Crippen molar-refractivity contribution >= 4 is 105 Å². The second kappa shape index (κ2) is 18.4. The summed E-state index contributed by atoms with van der Waals surface area (Å²) >= 11 is 4.81. The van der Waals surface area contributed by atoms with Gasteiger partial charge in [-0.1, -0.05) is 16.3 Å². The number of thiophene rings is 1. The fourth-order valence-electron chi connectivity index (χ4n) is 6.92. The standard InChI is InChI=1S/C19H17N9O5S2.C16H17N3O7S2/c1-33-24-11(14-23-19(20)35-25-14)15(29)22-12-16(30)28-13(18(31)32)9(8-34-17(12)28)7-26-5-6-27-10(26)3-2-4-21-27;1-25-16(18-10(20)5-9-3-2-4-27-9)13(23)19-11(12(21)22)8(6-26-15(17)24)7-28-14(16)19/h2-6,12,17H,7-8H2,1H3,(H3-,20,22,23,25,29,31,32);2-4,14H,5-7H2,1H3,(H2,17,24)(H,18,20)(H,21,22)/b24-11-;/t12-,17-;14-,16+/m11/s1. The van der Waals surface area contributed by atoms with Crippen LogP contribution in [-0.2, 0) is 56.0 Å². The SMILES string of the molecule is CO/N=C(\C(=O)N[C@@H]1C(=O)N2C(C(=O)[O-])=C(C[n+]3ccn4ncccc43)CS[C@H]12)c1nsc(N)n1.CO[C@@]1(NC(=O)Cc2cccs2)C(=O)N2C(C(=O)O)=C(COC(N)=O)CS[C@@H]21. The number of ether oxygens (including phenoxy) is 2. The first kappa shape index (κ1) is 44.4. The lowest BCUT2D eigenvalue weighted by atomic mass is 9.98. The largest absolute Gasteiger partial charge is 0.543 e. The number of hydrogen-bond acceptors (Lipinski definition) is 20. The second-order valence-corrected chi connectivity index (χ2v) is 17.4. The van der Waals surface area contributed by atoms with Gasteiger partial charge in [0.25, 0.3) is 23.4 Å². The normalized spacial score (nSPS) is 21.6. The van der Waals surface area contributed by atoms with Crippen LogP contribution >= 0.6 is 46.4 Å². The molecule has 4 atom stereocenters. The van der Waals surface area contributed by atoms with Gasteiger partial charge in [-0.2, -0.15) is 9.36 Å². The van der Waals surface area contributed by atoms with Gasteiger partial charge in [-0.05, 0) is 17.5 Å². The molecule has 0 aliphatic carbocycles. The number of carbonyl (C=O) groups is 7. The van der Waals surface area contributed by atoms with E-state index in [1.165, 1.54) is 49.1 Å². The summed E-state index contributed by atoms with van der Waals surface area (Å²) in [6.07, 6.45) is 4.19. The monoisotopic (exact) mass is 942 g/mol. The molecule has 28 heteroatoms. The minimum Gasteiger partial charge on any atom is -0.543 e. The highest BCUT2D eigenvalue weighted by atomic mass is 32.2. The average molecular weight is 943 g/mol. The summed E-state index contributed by atoms with van der Waals surface area (Å²) in [6.45, 7) is -0.112. The quantitative estimate of drug-likeness (QED) is 0.0289. The number of carboxylic acid groups (broad SMARTS) is 2. The van der Waals surface area contributed by atoms with Gasteiger partial charge < -0.3 is 51.4 Å². The highest BCUT2D eigenvalue weighted by Gasteiger charge is 2.66. The van der Waals surface area contributed by atoms with E-state index >= 15 is 0 Å². The van der Waals surface area contributed by atoms with E-state index in [2.05, 4.69) is 35.0 Å². The lowest BCUT2D eigenvalue weighted by Gasteiger charge is -2.55. The van der Waals surface area contributed by atoms with E-state index in [9.17, 15) is 43.8 Å². The number of amides is 5. The number of nitrogens with zero attached hydrogens (tertiary/aromatic N) is 8. The van der Waals surface area contributed by atoms with Crippen LogP contribution in [0.15, 0.2) is 75.9 Å². The number of β-lactam (4-membered cyclic amide) rings is 2. The van der Waals surface area contributed by atoms with Crippen molar-refractivity contribution in [3.63, 3.8) is 0 Å². The van der Waals surface area contributed by atoms with Crippen molar-refractivity contribution in [1.29, 1.82) is 0 Å². The zero-order valence-electron chi connectivity index (χ0n) is 32.7. The number of imidazole rings is 1. The predicted octanol–water partition coefficient (Wildman–Crippen LogP) is -2.39. The first-order valence-corrected chi connectivity index (χ1v) is 21.9. The van der Waals surface area contributed by atoms with Gasteiger partial charge in [0.2, 0.25) is 17.4 Å². The Morgan fingerprint density at radius 3 is 2.52 bits per heavy atom. The third-order valence-corrected chi connectivity index (χ3v) is 13.8. The molecule has 0 bridgehead atoms. The smallest absolute Gasteiger partial charge is 0.404 e. The molecule has 8 heterocycles. The van der Waals surface area contributed by atoms with Crippen LogP contribution in [0.5, 0.6) is 0 Å². The van der Waals surface area contributed by atoms with Crippen LogP contribution in [0.3, 0.4) is 0 Å². The Morgan fingerprint density at radius 1 is 1.10 bits per heavy atom.